The lowest BCUT2D eigenvalue weighted by Crippen LogP contribution is -2.49. The normalized spacial score (nSPS) is 16.8. The minimum atomic E-state index is -3.13. The molecule has 26 heavy (non-hydrogen) atoms. The van der Waals surface area contributed by atoms with Gasteiger partial charge in [-0.1, -0.05) is 23.7 Å². The third-order valence-corrected chi connectivity index (χ3v) is 6.66. The van der Waals surface area contributed by atoms with Gasteiger partial charge in [0.1, 0.15) is 0 Å². The monoisotopic (exact) mass is 402 g/mol. The summed E-state index contributed by atoms with van der Waals surface area (Å²) in [4.78, 5) is 16.5. The zero-order valence-corrected chi connectivity index (χ0v) is 16.9. The van der Waals surface area contributed by atoms with Crippen LogP contribution in [0.2, 0.25) is 5.02 Å². The van der Waals surface area contributed by atoms with Crippen molar-refractivity contribution in [3.8, 4) is 0 Å². The van der Waals surface area contributed by atoms with E-state index in [1.54, 1.807) is 26.2 Å². The topological polar surface area (TPSA) is 73.0 Å². The first-order valence-corrected chi connectivity index (χ1v) is 10.7. The molecule has 1 saturated heterocycles. The SMILES string of the molecule is CN(C)S(=O)(=O)CCCN1CCN(CC(=O)Nc2ccccc2Cl)CC1. The molecule has 1 heterocycles. The predicted octanol–water partition coefficient (Wildman–Crippen LogP) is 1.18. The van der Waals surface area contributed by atoms with Crippen LogP contribution in [0.5, 0.6) is 0 Å². The van der Waals surface area contributed by atoms with Gasteiger partial charge in [-0.15, -0.1) is 0 Å². The van der Waals surface area contributed by atoms with Crippen molar-refractivity contribution in [2.45, 2.75) is 6.42 Å². The molecule has 0 bridgehead atoms. The highest BCUT2D eigenvalue weighted by Gasteiger charge is 2.20. The van der Waals surface area contributed by atoms with Gasteiger partial charge in [0, 0.05) is 40.3 Å². The van der Waals surface area contributed by atoms with Gasteiger partial charge in [0.15, 0.2) is 0 Å². The summed E-state index contributed by atoms with van der Waals surface area (Å²) in [6.07, 6.45) is 0.619. The van der Waals surface area contributed by atoms with Crippen molar-refractivity contribution >= 4 is 33.2 Å². The Bertz CT molecular complexity index is 704. The van der Waals surface area contributed by atoms with Crippen molar-refractivity contribution in [1.82, 2.24) is 14.1 Å². The molecule has 0 radical (unpaired) electrons. The van der Waals surface area contributed by atoms with E-state index in [1.807, 2.05) is 12.1 Å². The Morgan fingerprint density at radius 2 is 1.77 bits per heavy atom. The Hall–Kier alpha value is -1.19. The molecule has 1 fully saturated rings. The van der Waals surface area contributed by atoms with Crippen molar-refractivity contribution in [2.75, 3.05) is 64.4 Å². The molecule has 0 unspecified atom stereocenters. The van der Waals surface area contributed by atoms with Crippen LogP contribution in [0.4, 0.5) is 5.69 Å². The molecule has 2 rings (SSSR count). The molecule has 1 amide bonds. The van der Waals surface area contributed by atoms with Crippen LogP contribution in [-0.2, 0) is 14.8 Å². The molecule has 1 N–H and O–H groups in total. The number of nitrogens with one attached hydrogen (secondary N) is 1. The summed E-state index contributed by atoms with van der Waals surface area (Å²) in [6.45, 7) is 4.33. The smallest absolute Gasteiger partial charge is 0.238 e. The first-order valence-electron chi connectivity index (χ1n) is 8.67. The highest BCUT2D eigenvalue weighted by molar-refractivity contribution is 7.89. The molecule has 0 aromatic heterocycles. The van der Waals surface area contributed by atoms with Crippen molar-refractivity contribution in [3.63, 3.8) is 0 Å². The fourth-order valence-corrected chi connectivity index (χ4v) is 3.82. The van der Waals surface area contributed by atoms with E-state index in [-0.39, 0.29) is 11.7 Å². The fraction of sp³-hybridized carbons (Fsp3) is 0.588. The van der Waals surface area contributed by atoms with E-state index in [0.717, 1.165) is 32.7 Å². The average molecular weight is 403 g/mol. The Morgan fingerprint density at radius 3 is 2.38 bits per heavy atom. The van der Waals surface area contributed by atoms with E-state index < -0.39 is 10.0 Å². The Balaban J connectivity index is 1.68. The number of amides is 1. The predicted molar refractivity (Wildman–Crippen MR) is 105 cm³/mol. The van der Waals surface area contributed by atoms with Crippen molar-refractivity contribution < 1.29 is 13.2 Å². The van der Waals surface area contributed by atoms with E-state index in [9.17, 15) is 13.2 Å². The molecule has 1 aliphatic rings. The first kappa shape index (κ1) is 21.1. The van der Waals surface area contributed by atoms with Crippen LogP contribution >= 0.6 is 11.6 Å². The summed E-state index contributed by atoms with van der Waals surface area (Å²) < 4.78 is 24.8. The zero-order chi connectivity index (χ0) is 19.2. The number of nitrogens with zero attached hydrogens (tertiary/aromatic N) is 3. The van der Waals surface area contributed by atoms with Gasteiger partial charge in [-0.05, 0) is 25.1 Å². The van der Waals surface area contributed by atoms with Crippen molar-refractivity contribution in [2.24, 2.45) is 0 Å². The lowest BCUT2D eigenvalue weighted by Gasteiger charge is -2.34. The molecule has 0 aliphatic carbocycles. The molecular formula is C17H27ClN4O3S. The van der Waals surface area contributed by atoms with Crippen LogP contribution in [0.15, 0.2) is 24.3 Å². The van der Waals surface area contributed by atoms with Gasteiger partial charge in [0.25, 0.3) is 0 Å². The molecule has 0 spiro atoms. The highest BCUT2D eigenvalue weighted by atomic mass is 35.5. The first-order chi connectivity index (χ1) is 12.3. The van der Waals surface area contributed by atoms with Crippen LogP contribution in [0, 0.1) is 0 Å². The van der Waals surface area contributed by atoms with Gasteiger partial charge < -0.3 is 10.2 Å². The molecule has 146 valence electrons. The molecule has 0 saturated carbocycles. The second-order valence-corrected chi connectivity index (χ2v) is 9.31. The number of carbonyl (C=O) groups is 1. The summed E-state index contributed by atoms with van der Waals surface area (Å²) in [7, 11) is -0.0118. The number of benzene rings is 1. The minimum absolute atomic E-state index is 0.0800. The molecule has 9 heteroatoms. The standard InChI is InChI=1S/C17H27ClN4O3S/c1-20(2)26(24,25)13-5-8-21-9-11-22(12-10-21)14-17(23)19-16-7-4-3-6-15(16)18/h3-4,6-7H,5,8-14H2,1-2H3,(H,19,23). The summed E-state index contributed by atoms with van der Waals surface area (Å²) >= 11 is 6.05. The van der Waals surface area contributed by atoms with Gasteiger partial charge in [0.2, 0.25) is 15.9 Å². The lowest BCUT2D eigenvalue weighted by molar-refractivity contribution is -0.117. The number of carbonyl (C=O) groups excluding carboxylic acids is 1. The Labute approximate surface area is 160 Å². The molecular weight excluding hydrogens is 376 g/mol. The molecule has 1 aliphatic heterocycles. The maximum atomic E-state index is 12.2. The fourth-order valence-electron chi connectivity index (χ4n) is 2.78. The van der Waals surface area contributed by atoms with Gasteiger partial charge >= 0.3 is 0 Å². The number of rotatable bonds is 8. The third-order valence-electron chi connectivity index (χ3n) is 4.41. The van der Waals surface area contributed by atoms with Crippen molar-refractivity contribution in [1.29, 1.82) is 0 Å². The number of para-hydroxylation sites is 1. The van der Waals surface area contributed by atoms with Gasteiger partial charge in [0.05, 0.1) is 23.0 Å². The van der Waals surface area contributed by atoms with Crippen LogP contribution in [0.1, 0.15) is 6.42 Å². The summed E-state index contributed by atoms with van der Waals surface area (Å²) in [5.74, 6) is 0.0871. The second kappa shape index (κ2) is 9.66. The van der Waals surface area contributed by atoms with Crippen molar-refractivity contribution in [3.05, 3.63) is 29.3 Å². The number of sulfonamides is 1. The van der Waals surface area contributed by atoms with E-state index in [2.05, 4.69) is 15.1 Å². The van der Waals surface area contributed by atoms with E-state index >= 15 is 0 Å². The quantitative estimate of drug-likeness (QED) is 0.706. The zero-order valence-electron chi connectivity index (χ0n) is 15.3. The van der Waals surface area contributed by atoms with Gasteiger partial charge in [-0.2, -0.15) is 0 Å². The number of piperazine rings is 1. The summed E-state index contributed by atoms with van der Waals surface area (Å²) in [5.41, 5.74) is 0.625. The minimum Gasteiger partial charge on any atom is -0.324 e. The molecule has 1 aromatic carbocycles. The van der Waals surface area contributed by atoms with Gasteiger partial charge in [-0.25, -0.2) is 12.7 Å². The lowest BCUT2D eigenvalue weighted by atomic mass is 10.3. The average Bonchev–Trinajstić information content (AvgIpc) is 2.58. The summed E-state index contributed by atoms with van der Waals surface area (Å²) in [5, 5.41) is 3.36. The maximum Gasteiger partial charge on any atom is 0.238 e. The molecule has 1 aromatic rings. The van der Waals surface area contributed by atoms with E-state index in [1.165, 1.54) is 4.31 Å². The van der Waals surface area contributed by atoms with Crippen LogP contribution < -0.4 is 5.32 Å². The molecule has 0 atom stereocenters. The second-order valence-electron chi connectivity index (χ2n) is 6.60. The molecule has 7 nitrogen and oxygen atoms in total. The highest BCUT2D eigenvalue weighted by Crippen LogP contribution is 2.20. The van der Waals surface area contributed by atoms with Crippen LogP contribution in [0.25, 0.3) is 0 Å². The number of anilines is 1. The summed E-state index contributed by atoms with van der Waals surface area (Å²) in [6, 6.07) is 7.17. The van der Waals surface area contributed by atoms with Crippen LogP contribution in [0.3, 0.4) is 0 Å². The Kier molecular flexibility index (Phi) is 7.85. The van der Waals surface area contributed by atoms with E-state index in [0.29, 0.717) is 23.7 Å². The largest absolute Gasteiger partial charge is 0.324 e. The number of halogens is 1. The number of hydrogen-bond acceptors (Lipinski definition) is 5. The van der Waals surface area contributed by atoms with Crippen LogP contribution in [-0.4, -0.2) is 87.5 Å². The van der Waals surface area contributed by atoms with Gasteiger partial charge in [-0.3, -0.25) is 9.69 Å². The third kappa shape index (κ3) is 6.51. The Morgan fingerprint density at radius 1 is 1.15 bits per heavy atom. The number of hydrogen-bond donors (Lipinski definition) is 1. The van der Waals surface area contributed by atoms with E-state index in [4.69, 9.17) is 11.6 Å². The maximum absolute atomic E-state index is 12.2.